The molecule has 0 aliphatic heterocycles. The standard InChI is InChI=1S/C19H26N4S.HI/c1-4-20-19(22-14-12-17-7-5-6-13-21-17)23(2)15-16-8-10-18(24-3)11-9-16;/h5-11,13H,4,12,14-15H2,1-3H3,(H,20,22);1H. The van der Waals surface area contributed by atoms with Crippen molar-refractivity contribution in [2.75, 3.05) is 26.4 Å². The van der Waals surface area contributed by atoms with Crippen molar-refractivity contribution < 1.29 is 0 Å². The van der Waals surface area contributed by atoms with Gasteiger partial charge in [0, 0.05) is 49.9 Å². The molecule has 136 valence electrons. The molecule has 0 bridgehead atoms. The van der Waals surface area contributed by atoms with Gasteiger partial charge in [-0.15, -0.1) is 35.7 Å². The van der Waals surface area contributed by atoms with E-state index in [4.69, 9.17) is 4.99 Å². The van der Waals surface area contributed by atoms with Gasteiger partial charge in [0.25, 0.3) is 0 Å². The molecule has 25 heavy (non-hydrogen) atoms. The lowest BCUT2D eigenvalue weighted by molar-refractivity contribution is 0.477. The van der Waals surface area contributed by atoms with Crippen LogP contribution in [0, 0.1) is 0 Å². The second-order valence-electron chi connectivity index (χ2n) is 5.51. The van der Waals surface area contributed by atoms with E-state index in [0.29, 0.717) is 0 Å². The first kappa shape index (κ1) is 21.8. The van der Waals surface area contributed by atoms with Crippen molar-refractivity contribution in [1.82, 2.24) is 15.2 Å². The molecule has 1 aromatic carbocycles. The van der Waals surface area contributed by atoms with E-state index in [2.05, 4.69) is 59.7 Å². The van der Waals surface area contributed by atoms with Gasteiger partial charge in [0.1, 0.15) is 0 Å². The lowest BCUT2D eigenvalue weighted by Crippen LogP contribution is -2.38. The van der Waals surface area contributed by atoms with Crippen molar-refractivity contribution in [3.8, 4) is 0 Å². The topological polar surface area (TPSA) is 40.5 Å². The van der Waals surface area contributed by atoms with E-state index in [1.165, 1.54) is 10.5 Å². The molecular weight excluding hydrogens is 443 g/mol. The van der Waals surface area contributed by atoms with Crippen LogP contribution in [-0.4, -0.2) is 42.2 Å². The monoisotopic (exact) mass is 470 g/mol. The van der Waals surface area contributed by atoms with Crippen molar-refractivity contribution in [2.45, 2.75) is 24.8 Å². The number of halogens is 1. The Labute approximate surface area is 172 Å². The summed E-state index contributed by atoms with van der Waals surface area (Å²) in [5.74, 6) is 0.933. The van der Waals surface area contributed by atoms with Crippen molar-refractivity contribution in [1.29, 1.82) is 0 Å². The van der Waals surface area contributed by atoms with Crippen LogP contribution in [0.4, 0.5) is 0 Å². The van der Waals surface area contributed by atoms with Crippen LogP contribution in [-0.2, 0) is 13.0 Å². The second kappa shape index (κ2) is 12.1. The van der Waals surface area contributed by atoms with E-state index < -0.39 is 0 Å². The van der Waals surface area contributed by atoms with Gasteiger partial charge in [0.15, 0.2) is 5.96 Å². The first-order valence-electron chi connectivity index (χ1n) is 8.25. The molecule has 2 rings (SSSR count). The number of guanidine groups is 1. The average molecular weight is 470 g/mol. The molecule has 0 aliphatic rings. The van der Waals surface area contributed by atoms with E-state index in [-0.39, 0.29) is 24.0 Å². The zero-order valence-corrected chi connectivity index (χ0v) is 18.3. The van der Waals surface area contributed by atoms with Crippen LogP contribution in [0.1, 0.15) is 18.2 Å². The fourth-order valence-electron chi connectivity index (χ4n) is 2.37. The van der Waals surface area contributed by atoms with E-state index in [9.17, 15) is 0 Å². The maximum absolute atomic E-state index is 4.73. The Bertz CT molecular complexity index is 632. The maximum Gasteiger partial charge on any atom is 0.193 e. The van der Waals surface area contributed by atoms with Crippen LogP contribution in [0.15, 0.2) is 58.5 Å². The minimum Gasteiger partial charge on any atom is -0.357 e. The van der Waals surface area contributed by atoms with Crippen LogP contribution >= 0.6 is 35.7 Å². The molecule has 0 radical (unpaired) electrons. The Hall–Kier alpha value is -1.28. The van der Waals surface area contributed by atoms with Gasteiger partial charge in [-0.05, 0) is 43.0 Å². The number of nitrogens with zero attached hydrogens (tertiary/aromatic N) is 3. The summed E-state index contributed by atoms with van der Waals surface area (Å²) in [5, 5.41) is 3.36. The third-order valence-electron chi connectivity index (χ3n) is 3.63. The van der Waals surface area contributed by atoms with Crippen molar-refractivity contribution in [3.63, 3.8) is 0 Å². The summed E-state index contributed by atoms with van der Waals surface area (Å²) in [6, 6.07) is 14.7. The third-order valence-corrected chi connectivity index (χ3v) is 4.37. The summed E-state index contributed by atoms with van der Waals surface area (Å²) in [4.78, 5) is 12.5. The Morgan fingerprint density at radius 3 is 2.56 bits per heavy atom. The number of thioether (sulfide) groups is 1. The largest absolute Gasteiger partial charge is 0.357 e. The lowest BCUT2D eigenvalue weighted by atomic mass is 10.2. The van der Waals surface area contributed by atoms with Gasteiger partial charge in [-0.1, -0.05) is 18.2 Å². The highest BCUT2D eigenvalue weighted by Gasteiger charge is 2.06. The Kier molecular flexibility index (Phi) is 10.6. The smallest absolute Gasteiger partial charge is 0.193 e. The molecular formula is C19H27IN4S. The maximum atomic E-state index is 4.73. The fourth-order valence-corrected chi connectivity index (χ4v) is 2.78. The third kappa shape index (κ3) is 7.64. The Morgan fingerprint density at radius 2 is 1.96 bits per heavy atom. The van der Waals surface area contributed by atoms with E-state index in [1.54, 1.807) is 11.8 Å². The van der Waals surface area contributed by atoms with Crippen LogP contribution in [0.2, 0.25) is 0 Å². The SMILES string of the molecule is CCNC(=NCCc1ccccn1)N(C)Cc1ccc(SC)cc1.I. The molecule has 2 aromatic rings. The molecule has 6 heteroatoms. The van der Waals surface area contributed by atoms with Gasteiger partial charge in [-0.3, -0.25) is 9.98 Å². The Balaban J connectivity index is 0.00000312. The molecule has 0 unspecified atom stereocenters. The summed E-state index contributed by atoms with van der Waals surface area (Å²) in [7, 11) is 2.07. The number of hydrogen-bond donors (Lipinski definition) is 1. The second-order valence-corrected chi connectivity index (χ2v) is 6.39. The first-order valence-corrected chi connectivity index (χ1v) is 9.47. The van der Waals surface area contributed by atoms with Crippen LogP contribution in [0.25, 0.3) is 0 Å². The molecule has 0 saturated heterocycles. The van der Waals surface area contributed by atoms with Crippen LogP contribution < -0.4 is 5.32 Å². The highest BCUT2D eigenvalue weighted by Crippen LogP contribution is 2.15. The van der Waals surface area contributed by atoms with E-state index >= 15 is 0 Å². The minimum absolute atomic E-state index is 0. The molecule has 1 N–H and O–H groups in total. The summed E-state index contributed by atoms with van der Waals surface area (Å²) in [5.41, 5.74) is 2.36. The average Bonchev–Trinajstić information content (AvgIpc) is 2.62. The molecule has 0 atom stereocenters. The lowest BCUT2D eigenvalue weighted by Gasteiger charge is -2.22. The quantitative estimate of drug-likeness (QED) is 0.287. The fraction of sp³-hybridized carbons (Fsp3) is 0.368. The van der Waals surface area contributed by atoms with Crippen molar-refractivity contribution in [3.05, 3.63) is 59.9 Å². The molecule has 4 nitrogen and oxygen atoms in total. The molecule has 0 fully saturated rings. The Morgan fingerprint density at radius 1 is 1.20 bits per heavy atom. The number of rotatable bonds is 7. The number of aliphatic imine (C=N–C) groups is 1. The first-order chi connectivity index (χ1) is 11.7. The van der Waals surface area contributed by atoms with Gasteiger partial charge < -0.3 is 10.2 Å². The number of nitrogens with one attached hydrogen (secondary N) is 1. The van der Waals surface area contributed by atoms with Crippen LogP contribution in [0.5, 0.6) is 0 Å². The highest BCUT2D eigenvalue weighted by atomic mass is 127. The number of aromatic nitrogens is 1. The molecule has 0 spiro atoms. The molecule has 1 heterocycles. The normalized spacial score (nSPS) is 10.9. The van der Waals surface area contributed by atoms with Crippen molar-refractivity contribution in [2.24, 2.45) is 4.99 Å². The van der Waals surface area contributed by atoms with E-state index in [1.807, 2.05) is 24.4 Å². The number of hydrogen-bond acceptors (Lipinski definition) is 3. The number of benzene rings is 1. The number of pyridine rings is 1. The van der Waals surface area contributed by atoms with E-state index in [0.717, 1.165) is 37.7 Å². The highest BCUT2D eigenvalue weighted by molar-refractivity contribution is 14.0. The molecule has 0 saturated carbocycles. The zero-order valence-electron chi connectivity index (χ0n) is 15.1. The molecule has 0 aliphatic carbocycles. The van der Waals surface area contributed by atoms with Gasteiger partial charge in [0.2, 0.25) is 0 Å². The minimum atomic E-state index is 0. The van der Waals surface area contributed by atoms with Crippen molar-refractivity contribution >= 4 is 41.7 Å². The summed E-state index contributed by atoms with van der Waals surface area (Å²) < 4.78 is 0. The predicted octanol–water partition coefficient (Wildman–Crippen LogP) is 4.06. The van der Waals surface area contributed by atoms with Gasteiger partial charge in [-0.2, -0.15) is 0 Å². The van der Waals surface area contributed by atoms with Gasteiger partial charge in [0.05, 0.1) is 0 Å². The predicted molar refractivity (Wildman–Crippen MR) is 119 cm³/mol. The van der Waals surface area contributed by atoms with Gasteiger partial charge >= 0.3 is 0 Å². The van der Waals surface area contributed by atoms with Gasteiger partial charge in [-0.25, -0.2) is 0 Å². The molecule has 1 aromatic heterocycles. The zero-order chi connectivity index (χ0) is 17.2. The van der Waals surface area contributed by atoms with Crippen LogP contribution in [0.3, 0.4) is 0 Å². The summed E-state index contributed by atoms with van der Waals surface area (Å²) in [6.45, 7) is 4.52. The summed E-state index contributed by atoms with van der Waals surface area (Å²) >= 11 is 1.76. The molecule has 0 amide bonds. The summed E-state index contributed by atoms with van der Waals surface area (Å²) in [6.07, 6.45) is 4.78.